The number of carbonyl (C=O) groups is 1. The standard InChI is InChI=1S/CH2O4.Al.Mg.Ni.5H/c2-1(3)5-4;;;;;;;;/h4H,(H,2,3);;;;;;;;/q;;+2;;;;;2*-1. The van der Waals surface area contributed by atoms with E-state index >= 15 is 0 Å². The first-order chi connectivity index (χ1) is 2.27. The zero-order valence-corrected chi connectivity index (χ0v) is 5.64. The van der Waals surface area contributed by atoms with Crippen LogP contribution in [0.4, 0.5) is 4.79 Å². The van der Waals surface area contributed by atoms with Crippen LogP contribution >= 0.6 is 0 Å². The largest absolute Gasteiger partial charge is 2.00 e. The number of hydrogen-bond donors (Lipinski definition) is 2. The van der Waals surface area contributed by atoms with Gasteiger partial charge in [0.25, 0.3) is 0 Å². The minimum atomic E-state index is -1.69. The van der Waals surface area contributed by atoms with Crippen molar-refractivity contribution in [2.45, 2.75) is 0 Å². The van der Waals surface area contributed by atoms with E-state index in [1.165, 1.54) is 0 Å². The molecule has 0 amide bonds. The summed E-state index contributed by atoms with van der Waals surface area (Å²) in [6.45, 7) is 0. The van der Waals surface area contributed by atoms with Gasteiger partial charge >= 0.3 is 29.2 Å². The van der Waals surface area contributed by atoms with Crippen LogP contribution < -0.4 is 0 Å². The zero-order valence-electron chi connectivity index (χ0n) is 5.23. The minimum Gasteiger partial charge on any atom is -1.00 e. The van der Waals surface area contributed by atoms with Crippen LogP contribution in [-0.4, -0.2) is 56.9 Å². The van der Waals surface area contributed by atoms with Crippen molar-refractivity contribution in [3.8, 4) is 0 Å². The van der Waals surface area contributed by atoms with Gasteiger partial charge in [-0.1, -0.05) is 0 Å². The van der Waals surface area contributed by atoms with E-state index in [9.17, 15) is 0 Å². The third-order valence-corrected chi connectivity index (χ3v) is 0.0781. The van der Waals surface area contributed by atoms with Gasteiger partial charge in [-0.25, -0.2) is 4.79 Å². The maximum atomic E-state index is 8.90. The molecular formula is CH7AlMgNiO4. The Labute approximate surface area is 85.7 Å². The summed E-state index contributed by atoms with van der Waals surface area (Å²) in [5.41, 5.74) is 0. The van der Waals surface area contributed by atoms with Crippen LogP contribution in [0.3, 0.4) is 0 Å². The van der Waals surface area contributed by atoms with Crippen LogP contribution in [0.25, 0.3) is 0 Å². The fourth-order valence-electron chi connectivity index (χ4n) is 0. The summed E-state index contributed by atoms with van der Waals surface area (Å²) in [7, 11) is 0. The molecule has 7 heteroatoms. The molecule has 0 aromatic heterocycles. The third-order valence-electron chi connectivity index (χ3n) is 0.0781. The van der Waals surface area contributed by atoms with Crippen molar-refractivity contribution in [3.63, 3.8) is 0 Å². The summed E-state index contributed by atoms with van der Waals surface area (Å²) in [6.07, 6.45) is -1.69. The topological polar surface area (TPSA) is 66.8 Å². The molecule has 0 aliphatic rings. The second kappa shape index (κ2) is 15.7. The molecule has 0 aliphatic carbocycles. The SMILES string of the molecule is O=C(O)OO.[AlH3].[H-].[H-].[Mg+2].[Ni]. The van der Waals surface area contributed by atoms with Crippen LogP contribution in [0.15, 0.2) is 0 Å². The van der Waals surface area contributed by atoms with Crippen molar-refractivity contribution in [1.82, 2.24) is 0 Å². The van der Waals surface area contributed by atoms with E-state index in [0.717, 1.165) is 0 Å². The Kier molecular flexibility index (Phi) is 45.1. The average Bonchev–Trinajstić information content (AvgIpc) is 1.38. The van der Waals surface area contributed by atoms with Crippen molar-refractivity contribution in [1.29, 1.82) is 0 Å². The summed E-state index contributed by atoms with van der Waals surface area (Å²) in [5, 5.41) is 14.3. The Hall–Kier alpha value is 1.02. The number of rotatable bonds is 0. The minimum absolute atomic E-state index is 0. The van der Waals surface area contributed by atoms with E-state index < -0.39 is 6.16 Å². The predicted molar refractivity (Wildman–Crippen MR) is 29.7 cm³/mol. The first kappa shape index (κ1) is 23.0. The van der Waals surface area contributed by atoms with E-state index in [1.54, 1.807) is 0 Å². The van der Waals surface area contributed by atoms with E-state index in [2.05, 4.69) is 4.89 Å². The third kappa shape index (κ3) is 27.9. The molecular weight excluding hydrogens is 186 g/mol. The molecule has 0 fully saturated rings. The normalized spacial score (nSPS) is 4.12. The van der Waals surface area contributed by atoms with Crippen LogP contribution in [0.5, 0.6) is 0 Å². The van der Waals surface area contributed by atoms with Crippen molar-refractivity contribution in [2.75, 3.05) is 0 Å². The molecule has 0 saturated carbocycles. The van der Waals surface area contributed by atoms with Gasteiger partial charge in [0.15, 0.2) is 17.4 Å². The summed E-state index contributed by atoms with van der Waals surface area (Å²) >= 11 is 0. The fourth-order valence-corrected chi connectivity index (χ4v) is 0. The molecule has 0 radical (unpaired) electrons. The maximum absolute atomic E-state index is 8.90. The molecule has 0 aromatic rings. The predicted octanol–water partition coefficient (Wildman–Crippen LogP) is -1.19. The fraction of sp³-hybridized carbons (Fsp3) is 0. The van der Waals surface area contributed by atoms with E-state index in [4.69, 9.17) is 15.2 Å². The molecule has 2 N–H and O–H groups in total. The summed E-state index contributed by atoms with van der Waals surface area (Å²) in [5.74, 6) is 0. The molecule has 0 unspecified atom stereocenters. The second-order valence-corrected chi connectivity index (χ2v) is 0.357. The number of carboxylic acid groups (broad SMARTS) is 1. The van der Waals surface area contributed by atoms with Crippen molar-refractivity contribution in [3.05, 3.63) is 0 Å². The van der Waals surface area contributed by atoms with Crippen LogP contribution in [0.2, 0.25) is 0 Å². The van der Waals surface area contributed by atoms with Crippen LogP contribution in [0.1, 0.15) is 2.85 Å². The molecule has 8 heavy (non-hydrogen) atoms. The molecule has 0 rings (SSSR count). The van der Waals surface area contributed by atoms with Crippen LogP contribution in [0, 0.1) is 0 Å². The molecule has 0 bridgehead atoms. The van der Waals surface area contributed by atoms with E-state index in [1.807, 2.05) is 0 Å². The van der Waals surface area contributed by atoms with Crippen molar-refractivity contribution >= 4 is 46.6 Å². The van der Waals surface area contributed by atoms with Gasteiger partial charge in [0.05, 0.1) is 0 Å². The van der Waals surface area contributed by atoms with Gasteiger partial charge in [-0.3, -0.25) is 4.89 Å². The van der Waals surface area contributed by atoms with Crippen LogP contribution in [-0.2, 0) is 21.4 Å². The average molecular weight is 193 g/mol. The Morgan fingerprint density at radius 3 is 1.75 bits per heavy atom. The van der Waals surface area contributed by atoms with Gasteiger partial charge in [0, 0.05) is 16.5 Å². The molecule has 4 nitrogen and oxygen atoms in total. The Bertz CT molecular complexity index is 58.5. The monoisotopic (exact) mass is 192 g/mol. The molecule has 0 spiro atoms. The molecule has 0 saturated heterocycles. The molecule has 0 heterocycles. The molecule has 0 aromatic carbocycles. The first-order valence-electron chi connectivity index (χ1n) is 0.814. The van der Waals surface area contributed by atoms with Gasteiger partial charge in [0.2, 0.25) is 0 Å². The summed E-state index contributed by atoms with van der Waals surface area (Å²) < 4.78 is 0. The molecule has 0 atom stereocenters. The molecule has 50 valence electrons. The first-order valence-corrected chi connectivity index (χ1v) is 0.814. The van der Waals surface area contributed by atoms with E-state index in [0.29, 0.717) is 0 Å². The van der Waals surface area contributed by atoms with Gasteiger partial charge in [-0.15, -0.1) is 0 Å². The maximum Gasteiger partial charge on any atom is 2.00 e. The zero-order chi connectivity index (χ0) is 4.28. The van der Waals surface area contributed by atoms with Crippen molar-refractivity contribution in [2.24, 2.45) is 0 Å². The van der Waals surface area contributed by atoms with Gasteiger partial charge in [0.1, 0.15) is 0 Å². The quantitative estimate of drug-likeness (QED) is 0.288. The second-order valence-electron chi connectivity index (χ2n) is 0.357. The smallest absolute Gasteiger partial charge is 1.00 e. The number of hydrogen-bond acceptors (Lipinski definition) is 3. The Balaban J connectivity index is -0.00000000800. The Morgan fingerprint density at radius 2 is 1.75 bits per heavy atom. The van der Waals surface area contributed by atoms with E-state index in [-0.39, 0.29) is 59.8 Å². The van der Waals surface area contributed by atoms with Crippen molar-refractivity contribution < 1.29 is 39.4 Å². The Morgan fingerprint density at radius 1 is 1.62 bits per heavy atom. The van der Waals surface area contributed by atoms with Gasteiger partial charge < -0.3 is 7.96 Å². The van der Waals surface area contributed by atoms with Gasteiger partial charge in [-0.2, -0.15) is 5.26 Å². The summed E-state index contributed by atoms with van der Waals surface area (Å²) in [4.78, 5) is 11.6. The molecule has 0 aliphatic heterocycles. The summed E-state index contributed by atoms with van der Waals surface area (Å²) in [6, 6.07) is 0. The van der Waals surface area contributed by atoms with Gasteiger partial charge in [-0.05, 0) is 0 Å².